The third-order valence-electron chi connectivity index (χ3n) is 4.44. The number of carbonyl (C=O) groups is 1. The number of alkyl halides is 2. The van der Waals surface area contributed by atoms with Crippen molar-refractivity contribution in [2.24, 2.45) is 0 Å². The van der Waals surface area contributed by atoms with Gasteiger partial charge in [0.25, 0.3) is 6.43 Å². The first-order chi connectivity index (χ1) is 11.8. The van der Waals surface area contributed by atoms with Crippen molar-refractivity contribution < 1.29 is 22.7 Å². The number of rotatable bonds is 4. The maximum Gasteiger partial charge on any atom is 0.409 e. The minimum Gasteiger partial charge on any atom is -0.448 e. The van der Waals surface area contributed by atoms with Gasteiger partial charge in [-0.1, -0.05) is 6.07 Å². The van der Waals surface area contributed by atoms with E-state index in [-0.39, 0.29) is 0 Å². The van der Waals surface area contributed by atoms with Crippen molar-refractivity contribution in [1.82, 2.24) is 9.88 Å². The minimum absolute atomic E-state index is 0.324. The van der Waals surface area contributed by atoms with E-state index in [9.17, 15) is 18.0 Å². The largest absolute Gasteiger partial charge is 0.448 e. The molecule has 1 saturated heterocycles. The zero-order valence-electron chi connectivity index (χ0n) is 13.8. The van der Waals surface area contributed by atoms with E-state index in [1.165, 1.54) is 12.3 Å². The molecule has 1 fully saturated rings. The molecule has 0 N–H and O–H groups in total. The molecule has 2 aromatic rings. The maximum absolute atomic E-state index is 13.5. The molecule has 0 aliphatic carbocycles. The van der Waals surface area contributed by atoms with Gasteiger partial charge in [0.15, 0.2) is 0 Å². The van der Waals surface area contributed by atoms with Gasteiger partial charge >= 0.3 is 6.09 Å². The summed E-state index contributed by atoms with van der Waals surface area (Å²) in [7, 11) is 3.71. The Labute approximate surface area is 144 Å². The van der Waals surface area contributed by atoms with Crippen LogP contribution in [0.3, 0.4) is 0 Å². The first-order valence-electron chi connectivity index (χ1n) is 7.78. The molecule has 0 unspecified atom stereocenters. The van der Waals surface area contributed by atoms with Crippen LogP contribution in [0.5, 0.6) is 0 Å². The third-order valence-corrected chi connectivity index (χ3v) is 4.44. The summed E-state index contributed by atoms with van der Waals surface area (Å²) in [6.45, 7) is 0.785. The first kappa shape index (κ1) is 17.4. The lowest BCUT2D eigenvalue weighted by molar-refractivity contribution is 0.146. The number of benzene rings is 1. The first-order valence-corrected chi connectivity index (χ1v) is 7.78. The highest BCUT2D eigenvalue weighted by atomic mass is 19.3. The van der Waals surface area contributed by atoms with Crippen molar-refractivity contribution in [3.8, 4) is 11.1 Å². The van der Waals surface area contributed by atoms with Gasteiger partial charge in [0.05, 0.1) is 12.1 Å². The SMILES string of the molecule is BC(B)(c1cncc(-c2ccc(F)c(C(F)F)c2)c1)N1CCOC1=O. The molecular weight excluding hydrogens is 331 g/mol. The zero-order chi connectivity index (χ0) is 18.2. The highest BCUT2D eigenvalue weighted by Gasteiger charge is 2.37. The summed E-state index contributed by atoms with van der Waals surface area (Å²) in [6, 6.07) is 5.34. The highest BCUT2D eigenvalue weighted by molar-refractivity contribution is 6.40. The summed E-state index contributed by atoms with van der Waals surface area (Å²) in [5.74, 6) is -0.942. The second-order valence-corrected chi connectivity index (χ2v) is 6.32. The number of carbonyl (C=O) groups excluding carboxylic acids is 1. The summed E-state index contributed by atoms with van der Waals surface area (Å²) < 4.78 is 44.3. The van der Waals surface area contributed by atoms with Crippen LogP contribution in [0, 0.1) is 5.82 Å². The van der Waals surface area contributed by atoms with Crippen LogP contribution in [0.1, 0.15) is 17.6 Å². The number of hydrogen-bond acceptors (Lipinski definition) is 3. The Balaban J connectivity index is 2.00. The van der Waals surface area contributed by atoms with Gasteiger partial charge in [-0.3, -0.25) is 4.98 Å². The lowest BCUT2D eigenvalue weighted by Crippen LogP contribution is -2.48. The second kappa shape index (κ2) is 6.46. The summed E-state index contributed by atoms with van der Waals surface area (Å²) in [5, 5.41) is -0.678. The predicted octanol–water partition coefficient (Wildman–Crippen LogP) is 1.65. The zero-order valence-corrected chi connectivity index (χ0v) is 13.8. The van der Waals surface area contributed by atoms with Crippen LogP contribution in [-0.2, 0) is 10.1 Å². The number of halogens is 3. The molecule has 0 atom stereocenters. The molecule has 0 radical (unpaired) electrons. The number of hydrogen-bond donors (Lipinski definition) is 0. The van der Waals surface area contributed by atoms with Crippen molar-refractivity contribution in [3.63, 3.8) is 0 Å². The highest BCUT2D eigenvalue weighted by Crippen LogP contribution is 2.31. The number of aromatic nitrogens is 1. The van der Waals surface area contributed by atoms with Crippen LogP contribution in [0.4, 0.5) is 18.0 Å². The Morgan fingerprint density at radius 2 is 1.96 bits per heavy atom. The average molecular weight is 346 g/mol. The molecule has 0 spiro atoms. The Hall–Kier alpha value is -2.44. The summed E-state index contributed by atoms with van der Waals surface area (Å²) in [6.07, 6.45) is -0.166. The lowest BCUT2D eigenvalue weighted by atomic mass is 9.57. The molecule has 0 bridgehead atoms. The summed E-state index contributed by atoms with van der Waals surface area (Å²) >= 11 is 0. The van der Waals surface area contributed by atoms with Crippen LogP contribution in [0.2, 0.25) is 0 Å². The van der Waals surface area contributed by atoms with Crippen LogP contribution in [0.25, 0.3) is 11.1 Å². The van der Waals surface area contributed by atoms with Gasteiger partial charge in [-0.05, 0) is 29.3 Å². The molecule has 1 amide bonds. The quantitative estimate of drug-likeness (QED) is 0.791. The number of ether oxygens (including phenoxy) is 1. The van der Waals surface area contributed by atoms with Crippen molar-refractivity contribution in [2.75, 3.05) is 13.2 Å². The van der Waals surface area contributed by atoms with Crippen LogP contribution < -0.4 is 0 Å². The predicted molar refractivity (Wildman–Crippen MR) is 91.4 cm³/mol. The van der Waals surface area contributed by atoms with Crippen molar-refractivity contribution in [2.45, 2.75) is 11.8 Å². The number of amides is 1. The fourth-order valence-electron chi connectivity index (χ4n) is 2.88. The van der Waals surface area contributed by atoms with Crippen LogP contribution in [0.15, 0.2) is 36.7 Å². The van der Waals surface area contributed by atoms with E-state index in [2.05, 4.69) is 4.98 Å². The van der Waals surface area contributed by atoms with Crippen LogP contribution in [-0.4, -0.2) is 44.8 Å². The Kier molecular flexibility index (Phi) is 4.49. The lowest BCUT2D eigenvalue weighted by Gasteiger charge is -2.34. The molecule has 3 rings (SSSR count). The topological polar surface area (TPSA) is 42.4 Å². The van der Waals surface area contributed by atoms with Crippen LogP contribution >= 0.6 is 0 Å². The Morgan fingerprint density at radius 1 is 1.20 bits per heavy atom. The van der Waals surface area contributed by atoms with Crippen molar-refractivity contribution in [3.05, 3.63) is 53.6 Å². The number of nitrogens with zero attached hydrogens (tertiary/aromatic N) is 2. The number of pyridine rings is 1. The van der Waals surface area contributed by atoms with Gasteiger partial charge in [0.2, 0.25) is 0 Å². The number of cyclic esters (lactones) is 1. The molecule has 4 nitrogen and oxygen atoms in total. The fraction of sp³-hybridized carbons (Fsp3) is 0.250. The molecule has 25 heavy (non-hydrogen) atoms. The van der Waals surface area contributed by atoms with Gasteiger partial charge in [0, 0.05) is 23.3 Å². The summed E-state index contributed by atoms with van der Waals surface area (Å²) in [5.41, 5.74) is 1.09. The molecule has 1 aliphatic heterocycles. The van der Waals surface area contributed by atoms with E-state index < -0.39 is 29.2 Å². The van der Waals surface area contributed by atoms with Gasteiger partial charge < -0.3 is 9.64 Å². The molecule has 128 valence electrons. The van der Waals surface area contributed by atoms with E-state index in [1.807, 2.05) is 15.7 Å². The van der Waals surface area contributed by atoms with E-state index in [4.69, 9.17) is 4.74 Å². The van der Waals surface area contributed by atoms with E-state index in [0.29, 0.717) is 24.3 Å². The Bertz CT molecular complexity index is 818. The molecule has 1 aromatic heterocycles. The van der Waals surface area contributed by atoms with Gasteiger partial charge in [-0.25, -0.2) is 18.0 Å². The maximum atomic E-state index is 13.5. The minimum atomic E-state index is -2.90. The molecule has 2 heterocycles. The molecule has 1 aromatic carbocycles. The molecule has 1 aliphatic rings. The van der Waals surface area contributed by atoms with Gasteiger partial charge in [-0.2, -0.15) is 0 Å². The smallest absolute Gasteiger partial charge is 0.409 e. The molecule has 0 saturated carbocycles. The van der Waals surface area contributed by atoms with E-state index in [0.717, 1.165) is 17.7 Å². The molecule has 9 heteroatoms. The van der Waals surface area contributed by atoms with E-state index in [1.54, 1.807) is 17.2 Å². The van der Waals surface area contributed by atoms with Gasteiger partial charge in [0.1, 0.15) is 28.1 Å². The monoisotopic (exact) mass is 346 g/mol. The van der Waals surface area contributed by atoms with Crippen molar-refractivity contribution in [1.29, 1.82) is 0 Å². The normalized spacial score (nSPS) is 14.9. The van der Waals surface area contributed by atoms with Gasteiger partial charge in [-0.15, -0.1) is 0 Å². The van der Waals surface area contributed by atoms with Crippen molar-refractivity contribution >= 4 is 21.8 Å². The second-order valence-electron chi connectivity index (χ2n) is 6.32. The fourth-order valence-corrected chi connectivity index (χ4v) is 2.88. The standard InChI is InChI=1S/C16H15B2F3N2O2/c17-16(18,23-3-4-25-15(23)24)11-5-10(7-22-8-11)9-1-2-13(19)12(6-9)14(20)21/h1-2,5-8,14H,3-4,17-18H2. The third kappa shape index (κ3) is 3.23. The summed E-state index contributed by atoms with van der Waals surface area (Å²) in [4.78, 5) is 17.6. The Morgan fingerprint density at radius 3 is 2.60 bits per heavy atom. The molecular formula is C16H15B2F3N2O2. The van der Waals surface area contributed by atoms with E-state index >= 15 is 0 Å². The average Bonchev–Trinajstić information content (AvgIpc) is 3.02.